The maximum Gasteiger partial charge on any atom is 0.300 e. The van der Waals surface area contributed by atoms with Crippen LogP contribution in [0.5, 0.6) is 11.5 Å². The molecule has 1 aliphatic rings. The Kier molecular flexibility index (Phi) is 6.33. The molecule has 1 amide bonds. The zero-order chi connectivity index (χ0) is 25.3. The Labute approximate surface area is 202 Å². The summed E-state index contributed by atoms with van der Waals surface area (Å²) in [6.07, 6.45) is 0. The first kappa shape index (κ1) is 24.0. The summed E-state index contributed by atoms with van der Waals surface area (Å²) in [4.78, 5) is 27.5. The topological polar surface area (TPSA) is 136 Å². The lowest BCUT2D eigenvalue weighted by Crippen LogP contribution is -2.29. The van der Waals surface area contributed by atoms with Gasteiger partial charge in [-0.15, -0.1) is 0 Å². The van der Waals surface area contributed by atoms with Crippen LogP contribution in [0.15, 0.2) is 83.3 Å². The number of Topliss-reactive ketones (excluding diaryl/α,β-unsaturated/α-hetero) is 1. The molecule has 10 heteroatoms. The third kappa shape index (κ3) is 4.48. The Morgan fingerprint density at radius 2 is 1.54 bits per heavy atom. The number of amides is 1. The summed E-state index contributed by atoms with van der Waals surface area (Å²) in [7, 11) is -0.965. The van der Waals surface area contributed by atoms with E-state index < -0.39 is 27.8 Å². The normalized spacial score (nSPS) is 17.5. The molecule has 1 saturated heterocycles. The summed E-state index contributed by atoms with van der Waals surface area (Å²) in [5.74, 6) is -1.08. The van der Waals surface area contributed by atoms with Gasteiger partial charge in [0.2, 0.25) is 10.0 Å². The van der Waals surface area contributed by atoms with E-state index in [1.807, 2.05) is 0 Å². The predicted octanol–water partition coefficient (Wildman–Crippen LogP) is 2.98. The van der Waals surface area contributed by atoms with Gasteiger partial charge in [-0.1, -0.05) is 12.1 Å². The van der Waals surface area contributed by atoms with Crippen LogP contribution in [0.4, 0.5) is 5.69 Å². The summed E-state index contributed by atoms with van der Waals surface area (Å²) in [5.41, 5.74) is 0.959. The number of ether oxygens (including phenoxy) is 2. The predicted molar refractivity (Wildman–Crippen MR) is 129 cm³/mol. The van der Waals surface area contributed by atoms with Crippen LogP contribution in [-0.2, 0) is 19.6 Å². The summed E-state index contributed by atoms with van der Waals surface area (Å²) < 4.78 is 33.8. The van der Waals surface area contributed by atoms with E-state index in [4.69, 9.17) is 14.6 Å². The first-order chi connectivity index (χ1) is 16.7. The lowest BCUT2D eigenvalue weighted by molar-refractivity contribution is -0.132. The van der Waals surface area contributed by atoms with E-state index in [0.717, 1.165) is 0 Å². The molecule has 0 aromatic heterocycles. The number of carbonyl (C=O) groups excluding carboxylic acids is 2. The van der Waals surface area contributed by atoms with Gasteiger partial charge in [0.15, 0.2) is 0 Å². The van der Waals surface area contributed by atoms with Gasteiger partial charge < -0.3 is 14.6 Å². The van der Waals surface area contributed by atoms with Crippen LogP contribution in [0, 0.1) is 0 Å². The molecular weight excluding hydrogens is 472 g/mol. The number of sulfonamides is 1. The molecule has 9 nitrogen and oxygen atoms in total. The van der Waals surface area contributed by atoms with Crippen LogP contribution in [0.2, 0.25) is 0 Å². The van der Waals surface area contributed by atoms with Gasteiger partial charge in [-0.2, -0.15) is 0 Å². The Morgan fingerprint density at radius 3 is 2.11 bits per heavy atom. The number of carbonyl (C=O) groups is 2. The average Bonchev–Trinajstić information content (AvgIpc) is 3.13. The molecule has 1 aliphatic heterocycles. The molecule has 4 rings (SSSR count). The van der Waals surface area contributed by atoms with Crippen LogP contribution < -0.4 is 19.5 Å². The van der Waals surface area contributed by atoms with Crippen molar-refractivity contribution in [3.63, 3.8) is 0 Å². The number of methoxy groups -OCH3 is 2. The second-order valence-electron chi connectivity index (χ2n) is 7.71. The molecule has 0 saturated carbocycles. The number of nitrogens with zero attached hydrogens (tertiary/aromatic N) is 1. The minimum atomic E-state index is -3.95. The molecule has 3 aromatic carbocycles. The maximum absolute atomic E-state index is 13.2. The van der Waals surface area contributed by atoms with E-state index in [1.54, 1.807) is 48.5 Å². The molecule has 1 fully saturated rings. The second-order valence-corrected chi connectivity index (χ2v) is 9.27. The number of rotatable bonds is 6. The summed E-state index contributed by atoms with van der Waals surface area (Å²) in [5, 5.41) is 16.3. The number of ketones is 1. The fourth-order valence-electron chi connectivity index (χ4n) is 3.93. The van der Waals surface area contributed by atoms with Gasteiger partial charge in [-0.05, 0) is 66.2 Å². The highest BCUT2D eigenvalue weighted by Crippen LogP contribution is 2.43. The largest absolute Gasteiger partial charge is 0.507 e. The number of hydrogen-bond acceptors (Lipinski definition) is 7. The lowest BCUT2D eigenvalue weighted by Gasteiger charge is -2.26. The third-order valence-corrected chi connectivity index (χ3v) is 6.59. The highest BCUT2D eigenvalue weighted by atomic mass is 32.2. The number of benzene rings is 3. The van der Waals surface area contributed by atoms with Crippen LogP contribution in [0.1, 0.15) is 17.2 Å². The second kappa shape index (κ2) is 9.24. The molecule has 1 atom stereocenters. The molecule has 180 valence electrons. The maximum atomic E-state index is 13.2. The molecule has 0 aliphatic carbocycles. The van der Waals surface area contributed by atoms with Gasteiger partial charge in [0.25, 0.3) is 11.7 Å². The van der Waals surface area contributed by atoms with E-state index in [1.165, 1.54) is 43.4 Å². The van der Waals surface area contributed by atoms with E-state index >= 15 is 0 Å². The molecule has 3 aromatic rings. The van der Waals surface area contributed by atoms with Crippen molar-refractivity contribution in [2.24, 2.45) is 5.14 Å². The first-order valence-electron chi connectivity index (χ1n) is 10.4. The van der Waals surface area contributed by atoms with Gasteiger partial charge in [-0.3, -0.25) is 14.5 Å². The molecular formula is C25H22N2O7S. The Balaban J connectivity index is 1.92. The monoisotopic (exact) mass is 494 g/mol. The average molecular weight is 495 g/mol. The number of nitrogens with two attached hydrogens (primary N) is 1. The SMILES string of the molecule is COc1ccc(/C(O)=C2\C(=O)C(=O)N(c3ccc(S(N)(=O)=O)cc3)C2c2cccc(OC)c2)cc1. The Hall–Kier alpha value is -4.15. The fraction of sp³-hybridized carbons (Fsp3) is 0.120. The standard InChI is InChI=1S/C25H22N2O7S/c1-33-18-10-6-15(7-11-18)23(28)21-22(16-4-3-5-19(14-16)34-2)27(25(30)24(21)29)17-8-12-20(13-9-17)35(26,31)32/h3-14,22,28H,1-2H3,(H2,26,31,32)/b23-21+. The number of hydrogen-bond donors (Lipinski definition) is 2. The quantitative estimate of drug-likeness (QED) is 0.305. The first-order valence-corrected chi connectivity index (χ1v) is 11.9. The molecule has 0 bridgehead atoms. The Morgan fingerprint density at radius 1 is 0.914 bits per heavy atom. The van der Waals surface area contributed by atoms with Crippen molar-refractivity contribution in [1.82, 2.24) is 0 Å². The van der Waals surface area contributed by atoms with Crippen LogP contribution in [0.3, 0.4) is 0 Å². The van der Waals surface area contributed by atoms with Crippen molar-refractivity contribution in [2.75, 3.05) is 19.1 Å². The highest BCUT2D eigenvalue weighted by Gasteiger charge is 2.47. The van der Waals surface area contributed by atoms with Crippen molar-refractivity contribution in [3.8, 4) is 11.5 Å². The molecule has 1 unspecified atom stereocenters. The van der Waals surface area contributed by atoms with Gasteiger partial charge in [-0.25, -0.2) is 13.6 Å². The van der Waals surface area contributed by atoms with Crippen molar-refractivity contribution in [1.29, 1.82) is 0 Å². The van der Waals surface area contributed by atoms with Gasteiger partial charge in [0, 0.05) is 11.3 Å². The summed E-state index contributed by atoms with van der Waals surface area (Å²) in [6.45, 7) is 0. The fourth-order valence-corrected chi connectivity index (χ4v) is 4.44. The Bertz CT molecular complexity index is 1430. The van der Waals surface area contributed by atoms with Gasteiger partial charge in [0.05, 0.1) is 30.7 Å². The number of aliphatic hydroxyl groups excluding tert-OH is 1. The van der Waals surface area contributed by atoms with Crippen molar-refractivity contribution < 1.29 is 32.6 Å². The van der Waals surface area contributed by atoms with E-state index in [2.05, 4.69) is 0 Å². The summed E-state index contributed by atoms with van der Waals surface area (Å²) in [6, 6.07) is 17.4. The molecule has 0 spiro atoms. The van der Waals surface area contributed by atoms with Gasteiger partial charge >= 0.3 is 0 Å². The van der Waals surface area contributed by atoms with E-state index in [-0.39, 0.29) is 21.9 Å². The minimum Gasteiger partial charge on any atom is -0.507 e. The van der Waals surface area contributed by atoms with Crippen LogP contribution in [-0.4, -0.2) is 39.4 Å². The van der Waals surface area contributed by atoms with Crippen LogP contribution >= 0.6 is 0 Å². The molecule has 0 radical (unpaired) electrons. The number of anilines is 1. The van der Waals surface area contributed by atoms with Crippen molar-refractivity contribution in [3.05, 3.63) is 89.5 Å². The van der Waals surface area contributed by atoms with E-state index in [0.29, 0.717) is 22.6 Å². The van der Waals surface area contributed by atoms with Crippen molar-refractivity contribution >= 4 is 33.2 Å². The molecule has 1 heterocycles. The number of aliphatic hydroxyl groups is 1. The molecule has 35 heavy (non-hydrogen) atoms. The molecule has 3 N–H and O–H groups in total. The summed E-state index contributed by atoms with van der Waals surface area (Å²) >= 11 is 0. The third-order valence-electron chi connectivity index (χ3n) is 5.66. The van der Waals surface area contributed by atoms with Crippen molar-refractivity contribution in [2.45, 2.75) is 10.9 Å². The minimum absolute atomic E-state index is 0.121. The van der Waals surface area contributed by atoms with Crippen LogP contribution in [0.25, 0.3) is 5.76 Å². The zero-order valence-corrected chi connectivity index (χ0v) is 19.7. The lowest BCUT2D eigenvalue weighted by atomic mass is 9.95. The van der Waals surface area contributed by atoms with E-state index in [9.17, 15) is 23.1 Å². The smallest absolute Gasteiger partial charge is 0.300 e. The number of primary sulfonamides is 1. The highest BCUT2D eigenvalue weighted by molar-refractivity contribution is 7.89. The van der Waals surface area contributed by atoms with Gasteiger partial charge in [0.1, 0.15) is 17.3 Å². The zero-order valence-electron chi connectivity index (χ0n) is 18.8.